The quantitative estimate of drug-likeness (QED) is 0.577. The molecule has 2 aliphatic rings. The van der Waals surface area contributed by atoms with Crippen molar-refractivity contribution in [3.05, 3.63) is 24.3 Å². The fourth-order valence-corrected chi connectivity index (χ4v) is 3.07. The summed E-state index contributed by atoms with van der Waals surface area (Å²) in [7, 11) is 3.08. The summed E-state index contributed by atoms with van der Waals surface area (Å²) in [5, 5.41) is 0. The Morgan fingerprint density at radius 3 is 1.67 bits per heavy atom. The molecule has 2 aromatic carbocycles. The highest BCUT2D eigenvalue weighted by Crippen LogP contribution is 2.45. The molecule has 2 aromatic rings. The number of ketones is 1. The molecule has 0 aromatic heterocycles. The number of ether oxygens (including phenoxy) is 8. The van der Waals surface area contributed by atoms with Gasteiger partial charge in [-0.25, -0.2) is 0 Å². The second-order valence-corrected chi connectivity index (χ2v) is 6.45. The van der Waals surface area contributed by atoms with Crippen LogP contribution in [0.1, 0.15) is 12.8 Å². The average molecular weight is 418 g/mol. The first-order valence-corrected chi connectivity index (χ1v) is 9.40. The molecule has 30 heavy (non-hydrogen) atoms. The maximum Gasteiger partial charge on any atom is 0.231 e. The molecule has 0 N–H and O–H groups in total. The molecule has 4 rings (SSSR count). The Balaban J connectivity index is 1.23. The predicted molar refractivity (Wildman–Crippen MR) is 103 cm³/mol. The van der Waals surface area contributed by atoms with E-state index in [1.54, 1.807) is 38.5 Å². The van der Waals surface area contributed by atoms with E-state index < -0.39 is 0 Å². The summed E-state index contributed by atoms with van der Waals surface area (Å²) in [6, 6.07) is 6.83. The van der Waals surface area contributed by atoms with E-state index >= 15 is 0 Å². The van der Waals surface area contributed by atoms with Gasteiger partial charge in [-0.3, -0.25) is 4.79 Å². The van der Waals surface area contributed by atoms with E-state index in [-0.39, 0.29) is 45.4 Å². The highest BCUT2D eigenvalue weighted by molar-refractivity contribution is 5.78. The molecule has 0 saturated carbocycles. The van der Waals surface area contributed by atoms with E-state index in [2.05, 4.69) is 0 Å². The minimum absolute atomic E-state index is 0.0235. The summed E-state index contributed by atoms with van der Waals surface area (Å²) < 4.78 is 43.3. The van der Waals surface area contributed by atoms with Gasteiger partial charge in [0, 0.05) is 37.1 Å². The first-order valence-electron chi connectivity index (χ1n) is 9.40. The van der Waals surface area contributed by atoms with Gasteiger partial charge in [-0.15, -0.1) is 0 Å². The van der Waals surface area contributed by atoms with Crippen molar-refractivity contribution in [3.63, 3.8) is 0 Å². The normalized spacial score (nSPS) is 13.1. The summed E-state index contributed by atoms with van der Waals surface area (Å²) in [5.74, 6) is 4.40. The predicted octanol–water partition coefficient (Wildman–Crippen LogP) is 2.97. The summed E-state index contributed by atoms with van der Waals surface area (Å²) in [4.78, 5) is 12.1. The zero-order chi connectivity index (χ0) is 20.9. The molecule has 0 aliphatic carbocycles. The first-order chi connectivity index (χ1) is 14.7. The summed E-state index contributed by atoms with van der Waals surface area (Å²) in [6.07, 6.45) is 0.509. The molecule has 0 amide bonds. The van der Waals surface area contributed by atoms with Gasteiger partial charge in [0.25, 0.3) is 0 Å². The smallest absolute Gasteiger partial charge is 0.231 e. The van der Waals surface area contributed by atoms with Crippen LogP contribution in [0.4, 0.5) is 0 Å². The molecule has 160 valence electrons. The Morgan fingerprint density at radius 2 is 1.23 bits per heavy atom. The lowest BCUT2D eigenvalue weighted by atomic mass is 10.2. The molecule has 0 bridgehead atoms. The van der Waals surface area contributed by atoms with Gasteiger partial charge >= 0.3 is 0 Å². The third kappa shape index (κ3) is 4.24. The van der Waals surface area contributed by atoms with E-state index in [0.29, 0.717) is 46.0 Å². The van der Waals surface area contributed by atoms with Gasteiger partial charge in [-0.1, -0.05) is 0 Å². The lowest BCUT2D eigenvalue weighted by Gasteiger charge is -2.11. The lowest BCUT2D eigenvalue weighted by Crippen LogP contribution is -2.10. The van der Waals surface area contributed by atoms with Crippen LogP contribution in [0.25, 0.3) is 0 Å². The fourth-order valence-electron chi connectivity index (χ4n) is 3.07. The number of rotatable bonds is 10. The van der Waals surface area contributed by atoms with Crippen LogP contribution < -0.4 is 37.9 Å². The van der Waals surface area contributed by atoms with Crippen LogP contribution in [-0.4, -0.2) is 46.8 Å². The van der Waals surface area contributed by atoms with Crippen LogP contribution in [0.15, 0.2) is 24.3 Å². The molecule has 0 fully saturated rings. The highest BCUT2D eigenvalue weighted by Gasteiger charge is 2.22. The molecule has 9 nitrogen and oxygen atoms in total. The maximum atomic E-state index is 12.1. The van der Waals surface area contributed by atoms with Crippen LogP contribution in [0.3, 0.4) is 0 Å². The van der Waals surface area contributed by atoms with Gasteiger partial charge < -0.3 is 37.9 Å². The van der Waals surface area contributed by atoms with Crippen molar-refractivity contribution >= 4 is 5.78 Å². The number of hydrogen-bond acceptors (Lipinski definition) is 9. The van der Waals surface area contributed by atoms with Gasteiger partial charge in [0.1, 0.15) is 17.3 Å². The molecule has 2 heterocycles. The highest BCUT2D eigenvalue weighted by atomic mass is 16.7. The zero-order valence-electron chi connectivity index (χ0n) is 16.7. The number of carbonyl (C=O) groups is 1. The standard InChI is InChI=1S/C21H22O9/c1-23-16-7-14(9-18-20(16)29-11-27-18)25-5-3-13(22)4-6-26-15-8-17(24-2)21-19(10-15)28-12-30-21/h7-10H,3-6,11-12H2,1-2H3. The van der Waals surface area contributed by atoms with Crippen LogP contribution >= 0.6 is 0 Å². The monoisotopic (exact) mass is 418 g/mol. The number of carbonyl (C=O) groups excluding carboxylic acids is 1. The Bertz CT molecular complexity index is 852. The average Bonchev–Trinajstić information content (AvgIpc) is 3.41. The van der Waals surface area contributed by atoms with Gasteiger partial charge in [-0.05, 0) is 0 Å². The Hall–Kier alpha value is -3.49. The second-order valence-electron chi connectivity index (χ2n) is 6.45. The Labute approximate surface area is 173 Å². The maximum absolute atomic E-state index is 12.1. The van der Waals surface area contributed by atoms with Crippen LogP contribution in [-0.2, 0) is 4.79 Å². The van der Waals surface area contributed by atoms with Gasteiger partial charge in [0.05, 0.1) is 27.4 Å². The van der Waals surface area contributed by atoms with Crippen molar-refractivity contribution in [1.82, 2.24) is 0 Å². The minimum atomic E-state index is 0.0235. The molecular weight excluding hydrogens is 396 g/mol. The van der Waals surface area contributed by atoms with Gasteiger partial charge in [0.15, 0.2) is 23.0 Å². The third-order valence-electron chi connectivity index (χ3n) is 4.56. The Morgan fingerprint density at radius 1 is 0.767 bits per heavy atom. The first kappa shape index (κ1) is 19.8. The van der Waals surface area contributed by atoms with Crippen LogP contribution in [0.5, 0.6) is 46.0 Å². The van der Waals surface area contributed by atoms with Crippen molar-refractivity contribution < 1.29 is 42.7 Å². The molecule has 0 unspecified atom stereocenters. The van der Waals surface area contributed by atoms with Crippen LogP contribution in [0, 0.1) is 0 Å². The van der Waals surface area contributed by atoms with E-state index in [9.17, 15) is 4.79 Å². The van der Waals surface area contributed by atoms with Gasteiger partial charge in [0.2, 0.25) is 25.1 Å². The number of fused-ring (bicyclic) bond motifs is 2. The zero-order valence-corrected chi connectivity index (χ0v) is 16.7. The SMILES string of the molecule is COc1cc(OCCC(=O)CCOc2cc(OC)c3c(c2)OCO3)cc2c1OCO2. The topological polar surface area (TPSA) is 90.9 Å². The lowest BCUT2D eigenvalue weighted by molar-refractivity contribution is -0.120. The van der Waals surface area contributed by atoms with Crippen molar-refractivity contribution in [2.75, 3.05) is 41.0 Å². The molecule has 0 atom stereocenters. The van der Waals surface area contributed by atoms with E-state index in [1.165, 1.54) is 0 Å². The van der Waals surface area contributed by atoms with Crippen molar-refractivity contribution in [1.29, 1.82) is 0 Å². The van der Waals surface area contributed by atoms with Crippen molar-refractivity contribution in [2.45, 2.75) is 12.8 Å². The number of benzene rings is 2. The Kier molecular flexibility index (Phi) is 5.87. The fraction of sp³-hybridized carbons (Fsp3) is 0.381. The van der Waals surface area contributed by atoms with Crippen molar-refractivity contribution in [2.24, 2.45) is 0 Å². The van der Waals surface area contributed by atoms with Crippen molar-refractivity contribution in [3.8, 4) is 46.0 Å². The minimum Gasteiger partial charge on any atom is -0.493 e. The largest absolute Gasteiger partial charge is 0.493 e. The number of Topliss-reactive ketones (excluding diaryl/α,β-unsaturated/α-hetero) is 1. The summed E-state index contributed by atoms with van der Waals surface area (Å²) in [5.41, 5.74) is 0. The van der Waals surface area contributed by atoms with E-state index in [0.717, 1.165) is 0 Å². The molecule has 9 heteroatoms. The molecule has 2 aliphatic heterocycles. The van der Waals surface area contributed by atoms with Gasteiger partial charge in [-0.2, -0.15) is 0 Å². The molecular formula is C21H22O9. The third-order valence-corrected chi connectivity index (χ3v) is 4.56. The molecule has 0 saturated heterocycles. The summed E-state index contributed by atoms with van der Waals surface area (Å²) >= 11 is 0. The van der Waals surface area contributed by atoms with Crippen LogP contribution in [0.2, 0.25) is 0 Å². The number of methoxy groups -OCH3 is 2. The second kappa shape index (κ2) is 8.89. The number of hydrogen-bond donors (Lipinski definition) is 0. The van der Waals surface area contributed by atoms with E-state index in [1.807, 2.05) is 0 Å². The molecule has 0 spiro atoms. The molecule has 0 radical (unpaired) electrons. The van der Waals surface area contributed by atoms with E-state index in [4.69, 9.17) is 37.9 Å². The summed E-state index contributed by atoms with van der Waals surface area (Å²) in [6.45, 7) is 0.755.